The highest BCUT2D eigenvalue weighted by Gasteiger charge is 2.86. The van der Waals surface area contributed by atoms with E-state index < -0.39 is 22.2 Å². The number of aliphatic carboxylic acids is 1. The number of carbonyl (C=O) groups excluding carboxylic acids is 1. The number of fused-ring (bicyclic) bond motifs is 2. The van der Waals surface area contributed by atoms with Gasteiger partial charge in [-0.3, -0.25) is 9.69 Å². The molecule has 4 aliphatic carbocycles. The molecule has 0 aromatic carbocycles. The van der Waals surface area contributed by atoms with Gasteiger partial charge in [0.1, 0.15) is 11.7 Å². The number of unbranched alkanes of at least 4 members (excludes halogenated alkanes) is 2. The van der Waals surface area contributed by atoms with E-state index in [1.54, 1.807) is 0 Å². The minimum Gasteiger partial charge on any atom is -0.481 e. The van der Waals surface area contributed by atoms with E-state index in [9.17, 15) is 14.7 Å². The first kappa shape index (κ1) is 31.7. The maximum Gasteiger partial charge on any atom is 0.315 e. The van der Waals surface area contributed by atoms with Crippen molar-refractivity contribution in [2.24, 2.45) is 51.8 Å². The van der Waals surface area contributed by atoms with E-state index in [4.69, 9.17) is 4.74 Å². The number of hydrogen-bond acceptors (Lipinski definition) is 5. The molecule has 2 heterocycles. The van der Waals surface area contributed by atoms with E-state index in [1.165, 1.54) is 51.5 Å². The van der Waals surface area contributed by atoms with E-state index >= 15 is 0 Å². The molecular weight excluding hydrogens is 536 g/mol. The Labute approximate surface area is 261 Å². The van der Waals surface area contributed by atoms with Crippen molar-refractivity contribution in [3.05, 3.63) is 11.6 Å². The van der Waals surface area contributed by atoms with Crippen LogP contribution in [0.15, 0.2) is 11.6 Å². The first-order valence-electron chi connectivity index (χ1n) is 18.2. The minimum absolute atomic E-state index is 0.100. The van der Waals surface area contributed by atoms with Crippen LogP contribution in [0.3, 0.4) is 0 Å². The van der Waals surface area contributed by atoms with Gasteiger partial charge >= 0.3 is 5.97 Å². The monoisotopic (exact) mass is 596 g/mol. The highest BCUT2D eigenvalue weighted by atomic mass is 16.5. The SMILES string of the molecule is CCCCC1CC(C23C[C@@H]4[C@H](C)CC[C@H]4C4(C=O)CC2C=C(C(C)C)C34C(=O)O)OC1CN1CCCN(CCCC)CC1. The van der Waals surface area contributed by atoms with Crippen molar-refractivity contribution < 1.29 is 19.4 Å². The van der Waals surface area contributed by atoms with Crippen LogP contribution < -0.4 is 0 Å². The Kier molecular flexibility index (Phi) is 8.98. The highest BCUT2D eigenvalue weighted by Crippen LogP contribution is 2.84. The lowest BCUT2D eigenvalue weighted by molar-refractivity contribution is -0.197. The Morgan fingerprint density at radius 2 is 1.84 bits per heavy atom. The number of carbonyl (C=O) groups is 2. The molecule has 1 N–H and O–H groups in total. The summed E-state index contributed by atoms with van der Waals surface area (Å²) >= 11 is 0. The molecule has 2 aliphatic heterocycles. The topological polar surface area (TPSA) is 70.1 Å². The molecule has 0 aromatic heterocycles. The second-order valence-electron chi connectivity index (χ2n) is 16.0. The zero-order chi connectivity index (χ0) is 30.6. The molecule has 6 heteroatoms. The molecule has 0 radical (unpaired) electrons. The first-order chi connectivity index (χ1) is 20.7. The summed E-state index contributed by atoms with van der Waals surface area (Å²) in [6, 6.07) is 0. The number of carboxylic acids is 1. The summed E-state index contributed by atoms with van der Waals surface area (Å²) in [4.78, 5) is 32.9. The molecule has 3 saturated carbocycles. The number of rotatable bonds is 12. The van der Waals surface area contributed by atoms with Crippen LogP contribution in [0.2, 0.25) is 0 Å². The lowest BCUT2D eigenvalue weighted by atomic mass is 9.41. The van der Waals surface area contributed by atoms with Crippen LogP contribution in [0.1, 0.15) is 105 Å². The zero-order valence-electron chi connectivity index (χ0n) is 27.9. The molecule has 7 unspecified atom stereocenters. The summed E-state index contributed by atoms with van der Waals surface area (Å²) < 4.78 is 7.36. The fourth-order valence-electron chi connectivity index (χ4n) is 12.0. The molecule has 10 atom stereocenters. The van der Waals surface area contributed by atoms with Crippen molar-refractivity contribution in [2.45, 2.75) is 117 Å². The molecule has 43 heavy (non-hydrogen) atoms. The maximum absolute atomic E-state index is 14.0. The van der Waals surface area contributed by atoms with Gasteiger partial charge in [0.05, 0.1) is 17.6 Å². The predicted octanol–water partition coefficient (Wildman–Crippen LogP) is 6.68. The number of ether oxygens (including phenoxy) is 1. The molecule has 242 valence electrons. The molecule has 4 bridgehead atoms. The van der Waals surface area contributed by atoms with E-state index in [0.717, 1.165) is 63.9 Å². The van der Waals surface area contributed by atoms with Crippen molar-refractivity contribution in [1.82, 2.24) is 9.80 Å². The van der Waals surface area contributed by atoms with E-state index in [0.29, 0.717) is 24.2 Å². The van der Waals surface area contributed by atoms with E-state index in [-0.39, 0.29) is 30.0 Å². The molecule has 6 nitrogen and oxygen atoms in total. The quantitative estimate of drug-likeness (QED) is 0.200. The summed E-state index contributed by atoms with van der Waals surface area (Å²) in [6.07, 6.45) is 15.5. The van der Waals surface area contributed by atoms with Gasteiger partial charge in [-0.25, -0.2) is 0 Å². The molecule has 5 fully saturated rings. The van der Waals surface area contributed by atoms with Gasteiger partial charge in [0, 0.05) is 25.0 Å². The Morgan fingerprint density at radius 1 is 1.09 bits per heavy atom. The van der Waals surface area contributed by atoms with Gasteiger partial charge in [-0.15, -0.1) is 0 Å². The Bertz CT molecular complexity index is 1070. The molecule has 0 amide bonds. The number of nitrogens with zero attached hydrogens (tertiary/aromatic N) is 2. The number of carboxylic acid groups (broad SMARTS) is 1. The summed E-state index contributed by atoms with van der Waals surface area (Å²) in [5, 5.41) is 11.5. The van der Waals surface area contributed by atoms with Crippen LogP contribution in [-0.2, 0) is 14.3 Å². The van der Waals surface area contributed by atoms with Crippen LogP contribution in [0, 0.1) is 51.8 Å². The molecule has 6 aliphatic rings. The summed E-state index contributed by atoms with van der Waals surface area (Å²) in [5.41, 5.74) is -1.42. The lowest BCUT2D eigenvalue weighted by Crippen LogP contribution is -2.65. The minimum atomic E-state index is -1.14. The highest BCUT2D eigenvalue weighted by molar-refractivity contribution is 5.90. The summed E-state index contributed by atoms with van der Waals surface area (Å²) in [7, 11) is 0. The van der Waals surface area contributed by atoms with Gasteiger partial charge in [-0.1, -0.05) is 72.0 Å². The second kappa shape index (κ2) is 12.2. The van der Waals surface area contributed by atoms with Crippen molar-refractivity contribution >= 4 is 12.3 Å². The van der Waals surface area contributed by atoms with E-state index in [2.05, 4.69) is 50.5 Å². The lowest BCUT2D eigenvalue weighted by Gasteiger charge is -2.60. The Hall–Kier alpha value is -1.24. The molecular formula is C37H60N2O4. The van der Waals surface area contributed by atoms with Crippen LogP contribution in [0.5, 0.6) is 0 Å². The van der Waals surface area contributed by atoms with Crippen LogP contribution in [0.25, 0.3) is 0 Å². The van der Waals surface area contributed by atoms with Crippen molar-refractivity contribution in [2.75, 3.05) is 39.3 Å². The van der Waals surface area contributed by atoms with Gasteiger partial charge in [0.2, 0.25) is 0 Å². The van der Waals surface area contributed by atoms with Crippen molar-refractivity contribution in [3.8, 4) is 0 Å². The molecule has 6 rings (SSSR count). The second-order valence-corrected chi connectivity index (χ2v) is 16.0. The fraction of sp³-hybridized carbons (Fsp3) is 0.892. The van der Waals surface area contributed by atoms with Crippen molar-refractivity contribution in [3.63, 3.8) is 0 Å². The number of allylic oxidation sites excluding steroid dienone is 1. The molecule has 0 aromatic rings. The van der Waals surface area contributed by atoms with Crippen LogP contribution in [-0.4, -0.2) is 78.6 Å². The third-order valence-electron chi connectivity index (χ3n) is 13.8. The average Bonchev–Trinajstić information content (AvgIpc) is 3.64. The van der Waals surface area contributed by atoms with Gasteiger partial charge in [0.25, 0.3) is 0 Å². The fourth-order valence-corrected chi connectivity index (χ4v) is 12.0. The predicted molar refractivity (Wildman–Crippen MR) is 171 cm³/mol. The smallest absolute Gasteiger partial charge is 0.315 e. The first-order valence-corrected chi connectivity index (χ1v) is 18.2. The number of hydrogen-bond donors (Lipinski definition) is 1. The van der Waals surface area contributed by atoms with E-state index in [1.807, 2.05) is 0 Å². The zero-order valence-corrected chi connectivity index (χ0v) is 27.9. The molecule has 2 saturated heterocycles. The standard InChI is InChI=1S/C37H60N2O4/c1-6-8-11-27-19-33(43-32(27)23-39-16-10-15-38(17-18-39)14-9-7-2)36-22-29-26(5)12-13-30(29)35(24-40)21-28(36)20-31(25(3)4)37(35,36)34(41)42/h20,24-30,32-33H,6-19,21-23H2,1-5H3,(H,41,42)/t26-,27?,28?,29-,30-,32?,33?,35?,36?,37?/m1/s1. The third-order valence-corrected chi connectivity index (χ3v) is 13.8. The van der Waals surface area contributed by atoms with Gasteiger partial charge in [-0.05, 0) is 100 Å². The van der Waals surface area contributed by atoms with Gasteiger partial charge in [0.15, 0.2) is 0 Å². The Balaban J connectivity index is 1.34. The van der Waals surface area contributed by atoms with Crippen molar-refractivity contribution in [1.29, 1.82) is 0 Å². The number of aldehydes is 1. The summed E-state index contributed by atoms with van der Waals surface area (Å²) in [6.45, 7) is 17.9. The summed E-state index contributed by atoms with van der Waals surface area (Å²) in [5.74, 6) is 1.07. The third kappa shape index (κ3) is 4.57. The largest absolute Gasteiger partial charge is 0.481 e. The van der Waals surface area contributed by atoms with Gasteiger partial charge < -0.3 is 19.5 Å². The Morgan fingerprint density at radius 3 is 2.53 bits per heavy atom. The molecule has 0 spiro atoms. The maximum atomic E-state index is 14.0. The van der Waals surface area contributed by atoms with Crippen LogP contribution in [0.4, 0.5) is 0 Å². The van der Waals surface area contributed by atoms with Crippen LogP contribution >= 0.6 is 0 Å². The van der Waals surface area contributed by atoms with Gasteiger partial charge in [-0.2, -0.15) is 0 Å². The average molecular weight is 597 g/mol. The normalized spacial score (nSPS) is 44.5.